The van der Waals surface area contributed by atoms with Crippen molar-refractivity contribution >= 4 is 22.6 Å². The molecule has 2 nitrogen and oxygen atoms in total. The molecule has 0 radical (unpaired) electrons. The molecule has 1 aliphatic heterocycles. The summed E-state index contributed by atoms with van der Waals surface area (Å²) in [5.74, 6) is 0. The van der Waals surface area contributed by atoms with Crippen LogP contribution in [-0.2, 0) is 0 Å². The molecule has 1 aromatic carbocycles. The Bertz CT molecular complexity index is 295. The summed E-state index contributed by atoms with van der Waals surface area (Å²) in [6.45, 7) is 0. The molecule has 0 saturated carbocycles. The van der Waals surface area contributed by atoms with Crippen LogP contribution < -0.4 is 10.9 Å². The molecular weight excluding hydrogens is 263 g/mol. The Morgan fingerprint density at radius 3 is 2.50 bits per heavy atom. The van der Waals surface area contributed by atoms with E-state index in [0.29, 0.717) is 6.04 Å². The number of rotatable bonds is 1. The predicted molar refractivity (Wildman–Crippen MR) is 57.6 cm³/mol. The molecule has 0 fully saturated rings. The smallest absolute Gasteiger partial charge is 0.0853 e. The number of hydrogen-bond donors (Lipinski definition) is 2. The van der Waals surface area contributed by atoms with Crippen molar-refractivity contribution in [1.29, 1.82) is 0 Å². The minimum Gasteiger partial charge on any atom is -0.315 e. The lowest BCUT2D eigenvalue weighted by Gasteiger charge is -2.07. The lowest BCUT2D eigenvalue weighted by atomic mass is 10.1. The second-order valence-corrected chi connectivity index (χ2v) is 3.83. The van der Waals surface area contributed by atoms with Crippen LogP contribution in [0.2, 0.25) is 0 Å². The third-order valence-electron chi connectivity index (χ3n) is 1.82. The molecule has 0 aromatic heterocycles. The first-order valence-electron chi connectivity index (χ1n) is 3.80. The zero-order valence-electron chi connectivity index (χ0n) is 6.42. The highest BCUT2D eigenvalue weighted by Crippen LogP contribution is 2.20. The van der Waals surface area contributed by atoms with Gasteiger partial charge < -0.3 is 5.43 Å². The lowest BCUT2D eigenvalue weighted by molar-refractivity contribution is 0.609. The van der Waals surface area contributed by atoms with Crippen LogP contribution in [-0.4, -0.2) is 0 Å². The fraction of sp³-hybridized carbons (Fsp3) is 0.111. The van der Waals surface area contributed by atoms with E-state index in [4.69, 9.17) is 0 Å². The van der Waals surface area contributed by atoms with Gasteiger partial charge in [0, 0.05) is 0 Å². The van der Waals surface area contributed by atoms with E-state index in [-0.39, 0.29) is 0 Å². The monoisotopic (exact) mass is 272 g/mol. The average molecular weight is 272 g/mol. The van der Waals surface area contributed by atoms with Gasteiger partial charge in [-0.3, -0.25) is 0 Å². The van der Waals surface area contributed by atoms with Crippen LogP contribution in [0.25, 0.3) is 0 Å². The van der Waals surface area contributed by atoms with Crippen molar-refractivity contribution in [2.75, 3.05) is 0 Å². The van der Waals surface area contributed by atoms with E-state index in [2.05, 4.69) is 63.8 Å². The van der Waals surface area contributed by atoms with E-state index < -0.39 is 0 Å². The van der Waals surface area contributed by atoms with E-state index in [9.17, 15) is 0 Å². The number of nitrogens with one attached hydrogen (secondary N) is 2. The summed E-state index contributed by atoms with van der Waals surface area (Å²) in [4.78, 5) is 0. The molecular formula is C9H9IN2. The summed E-state index contributed by atoms with van der Waals surface area (Å²) in [5, 5.41) is 0. The standard InChI is InChI=1S/C9H9IN2/c10-9-6-8(11-12-9)7-4-2-1-3-5-7/h1-6,8,11-12H. The molecule has 1 aliphatic rings. The SMILES string of the molecule is IC1=CC(c2ccccc2)NN1. The van der Waals surface area contributed by atoms with Crippen LogP contribution in [0.1, 0.15) is 11.6 Å². The van der Waals surface area contributed by atoms with Gasteiger partial charge in [-0.1, -0.05) is 30.3 Å². The summed E-state index contributed by atoms with van der Waals surface area (Å²) in [7, 11) is 0. The Hall–Kier alpha value is -0.550. The van der Waals surface area contributed by atoms with Crippen molar-refractivity contribution in [1.82, 2.24) is 10.9 Å². The van der Waals surface area contributed by atoms with Crippen LogP contribution in [0.4, 0.5) is 0 Å². The third-order valence-corrected chi connectivity index (χ3v) is 2.45. The maximum absolute atomic E-state index is 3.17. The van der Waals surface area contributed by atoms with Crippen molar-refractivity contribution in [2.24, 2.45) is 0 Å². The summed E-state index contributed by atoms with van der Waals surface area (Å²) in [6, 6.07) is 10.7. The fourth-order valence-electron chi connectivity index (χ4n) is 1.22. The number of benzene rings is 1. The Balaban J connectivity index is 2.22. The zero-order valence-corrected chi connectivity index (χ0v) is 8.58. The van der Waals surface area contributed by atoms with E-state index >= 15 is 0 Å². The van der Waals surface area contributed by atoms with E-state index in [1.807, 2.05) is 6.07 Å². The number of hydrazine groups is 1. The van der Waals surface area contributed by atoms with Crippen molar-refractivity contribution < 1.29 is 0 Å². The maximum Gasteiger partial charge on any atom is 0.0853 e. The van der Waals surface area contributed by atoms with Crippen molar-refractivity contribution in [3.8, 4) is 0 Å². The quantitative estimate of drug-likeness (QED) is 0.604. The van der Waals surface area contributed by atoms with Gasteiger partial charge in [0.15, 0.2) is 0 Å². The Morgan fingerprint density at radius 1 is 1.17 bits per heavy atom. The molecule has 1 aromatic rings. The molecule has 2 rings (SSSR count). The Labute approximate surface area is 85.2 Å². The van der Waals surface area contributed by atoms with Gasteiger partial charge >= 0.3 is 0 Å². The second-order valence-electron chi connectivity index (χ2n) is 2.67. The molecule has 3 heteroatoms. The van der Waals surface area contributed by atoms with Gasteiger partial charge in [0.1, 0.15) is 0 Å². The zero-order chi connectivity index (χ0) is 8.39. The molecule has 1 heterocycles. The summed E-state index contributed by atoms with van der Waals surface area (Å²) in [5.41, 5.74) is 7.53. The van der Waals surface area contributed by atoms with Crippen LogP contribution in [0.3, 0.4) is 0 Å². The van der Waals surface area contributed by atoms with Crippen molar-refractivity contribution in [3.63, 3.8) is 0 Å². The van der Waals surface area contributed by atoms with Crippen LogP contribution in [0.15, 0.2) is 40.1 Å². The highest BCUT2D eigenvalue weighted by atomic mass is 127. The minimum atomic E-state index is 0.318. The third kappa shape index (κ3) is 1.61. The van der Waals surface area contributed by atoms with Crippen LogP contribution in [0, 0.1) is 0 Å². The van der Waals surface area contributed by atoms with Gasteiger partial charge in [0.2, 0.25) is 0 Å². The average Bonchev–Trinajstić information content (AvgIpc) is 2.54. The molecule has 1 unspecified atom stereocenters. The minimum absolute atomic E-state index is 0.318. The molecule has 12 heavy (non-hydrogen) atoms. The van der Waals surface area contributed by atoms with Gasteiger partial charge in [0.25, 0.3) is 0 Å². The number of hydrogen-bond acceptors (Lipinski definition) is 2. The normalized spacial score (nSPS) is 21.8. The summed E-state index contributed by atoms with van der Waals surface area (Å²) >= 11 is 2.26. The maximum atomic E-state index is 3.17. The first kappa shape index (κ1) is 8.07. The summed E-state index contributed by atoms with van der Waals surface area (Å²) in [6.07, 6.45) is 2.16. The molecule has 0 spiro atoms. The van der Waals surface area contributed by atoms with E-state index in [0.717, 1.165) is 3.70 Å². The van der Waals surface area contributed by atoms with Crippen LogP contribution in [0.5, 0.6) is 0 Å². The molecule has 0 saturated heterocycles. The fourth-order valence-corrected chi connectivity index (χ4v) is 1.73. The Morgan fingerprint density at radius 2 is 1.92 bits per heavy atom. The second kappa shape index (κ2) is 3.45. The molecule has 0 bridgehead atoms. The summed E-state index contributed by atoms with van der Waals surface area (Å²) < 4.78 is 1.15. The largest absolute Gasteiger partial charge is 0.315 e. The van der Waals surface area contributed by atoms with E-state index in [1.165, 1.54) is 5.56 Å². The Kier molecular flexibility index (Phi) is 2.32. The van der Waals surface area contributed by atoms with Crippen molar-refractivity contribution in [2.45, 2.75) is 6.04 Å². The van der Waals surface area contributed by atoms with Gasteiger partial charge in [0.05, 0.1) is 9.75 Å². The predicted octanol–water partition coefficient (Wildman–Crippen LogP) is 2.11. The first-order valence-corrected chi connectivity index (χ1v) is 4.88. The number of halogens is 1. The van der Waals surface area contributed by atoms with Gasteiger partial charge in [-0.25, -0.2) is 5.43 Å². The molecule has 0 aliphatic carbocycles. The highest BCUT2D eigenvalue weighted by Gasteiger charge is 2.13. The lowest BCUT2D eigenvalue weighted by Crippen LogP contribution is -2.25. The van der Waals surface area contributed by atoms with Crippen LogP contribution >= 0.6 is 22.6 Å². The van der Waals surface area contributed by atoms with Crippen molar-refractivity contribution in [3.05, 3.63) is 45.7 Å². The molecule has 62 valence electrons. The molecule has 1 atom stereocenters. The van der Waals surface area contributed by atoms with Gasteiger partial charge in [-0.2, -0.15) is 0 Å². The van der Waals surface area contributed by atoms with Gasteiger partial charge in [-0.05, 0) is 34.2 Å². The molecule has 0 amide bonds. The van der Waals surface area contributed by atoms with E-state index in [1.54, 1.807) is 0 Å². The van der Waals surface area contributed by atoms with Gasteiger partial charge in [-0.15, -0.1) is 0 Å². The molecule has 2 N–H and O–H groups in total. The first-order chi connectivity index (χ1) is 5.86. The topological polar surface area (TPSA) is 24.1 Å². The highest BCUT2D eigenvalue weighted by molar-refractivity contribution is 14.1.